The fourth-order valence-corrected chi connectivity index (χ4v) is 3.80. The van der Waals surface area contributed by atoms with Crippen LogP contribution in [0.3, 0.4) is 0 Å². The van der Waals surface area contributed by atoms with Crippen LogP contribution in [0, 0.1) is 0 Å². The van der Waals surface area contributed by atoms with Crippen LogP contribution in [0.5, 0.6) is 0 Å². The largest absolute Gasteiger partial charge is 0.460 e. The van der Waals surface area contributed by atoms with Crippen molar-refractivity contribution in [3.05, 3.63) is 21.4 Å². The van der Waals surface area contributed by atoms with Crippen LogP contribution in [0.2, 0.25) is 0 Å². The van der Waals surface area contributed by atoms with Gasteiger partial charge in [-0.1, -0.05) is 0 Å². The van der Waals surface area contributed by atoms with E-state index >= 15 is 0 Å². The lowest BCUT2D eigenvalue weighted by atomic mass is 10.1. The maximum atomic E-state index is 12.5. The van der Waals surface area contributed by atoms with E-state index in [1.54, 1.807) is 20.8 Å². The average Bonchev–Trinajstić information content (AvgIpc) is 2.97. The monoisotopic (exact) mass is 372 g/mol. The predicted octanol–water partition coefficient (Wildman–Crippen LogP) is 2.42. The van der Waals surface area contributed by atoms with Crippen LogP contribution in [-0.2, 0) is 26.8 Å². The summed E-state index contributed by atoms with van der Waals surface area (Å²) in [7, 11) is 0. The number of nitrogens with two attached hydrogens (primary N) is 1. The van der Waals surface area contributed by atoms with E-state index in [4.69, 9.17) is 22.1 Å². The average molecular weight is 373 g/mol. The summed E-state index contributed by atoms with van der Waals surface area (Å²) >= 11 is 7.12. The molecule has 24 heavy (non-hydrogen) atoms. The molecule has 0 saturated heterocycles. The first-order chi connectivity index (χ1) is 11.1. The first-order valence-corrected chi connectivity index (χ1v) is 8.97. The van der Waals surface area contributed by atoms with Gasteiger partial charge in [0.05, 0.1) is 10.8 Å². The summed E-state index contributed by atoms with van der Waals surface area (Å²) in [5.74, 6) is -0.929. The Bertz CT molecular complexity index is 666. The van der Waals surface area contributed by atoms with Gasteiger partial charge in [0.15, 0.2) is 0 Å². The predicted molar refractivity (Wildman–Crippen MR) is 91.8 cm³/mol. The zero-order valence-corrected chi connectivity index (χ0v) is 15.5. The number of amides is 2. The highest BCUT2D eigenvalue weighted by Crippen LogP contribution is 2.33. The molecule has 2 heterocycles. The molecule has 1 atom stereocenters. The van der Waals surface area contributed by atoms with Gasteiger partial charge in [0.2, 0.25) is 5.91 Å². The fourth-order valence-electron chi connectivity index (χ4n) is 2.59. The number of thiophene rings is 1. The summed E-state index contributed by atoms with van der Waals surface area (Å²) in [6.45, 7) is 5.62. The van der Waals surface area contributed by atoms with Gasteiger partial charge in [0.25, 0.3) is 5.91 Å². The van der Waals surface area contributed by atoms with E-state index in [0.29, 0.717) is 17.3 Å². The Morgan fingerprint density at radius 3 is 2.62 bits per heavy atom. The topological polar surface area (TPSA) is 89.7 Å². The molecule has 6 nitrogen and oxygen atoms in total. The quantitative estimate of drug-likeness (QED) is 0.613. The minimum Gasteiger partial charge on any atom is -0.460 e. The van der Waals surface area contributed by atoms with E-state index < -0.39 is 23.5 Å². The molecular weight excluding hydrogens is 352 g/mol. The number of ether oxygens (including phenoxy) is 1. The molecule has 2 amide bonds. The van der Waals surface area contributed by atoms with Gasteiger partial charge in [-0.2, -0.15) is 0 Å². The van der Waals surface area contributed by atoms with Crippen molar-refractivity contribution in [3.8, 4) is 0 Å². The molecule has 1 aromatic rings. The Morgan fingerprint density at radius 1 is 1.46 bits per heavy atom. The fraction of sp³-hybridized carbons (Fsp3) is 0.562. The van der Waals surface area contributed by atoms with Gasteiger partial charge in [0.1, 0.15) is 11.6 Å². The molecule has 0 saturated carbocycles. The Balaban J connectivity index is 2.04. The lowest BCUT2D eigenvalue weighted by Gasteiger charge is -2.26. The maximum Gasteiger partial charge on any atom is 0.306 e. The molecule has 0 bridgehead atoms. The number of alkyl halides is 1. The molecule has 0 radical (unpaired) electrons. The Hall–Kier alpha value is -1.60. The van der Waals surface area contributed by atoms with Crippen molar-refractivity contribution in [1.29, 1.82) is 0 Å². The normalized spacial score (nSPS) is 15.3. The number of esters is 1. The van der Waals surface area contributed by atoms with E-state index in [2.05, 4.69) is 0 Å². The van der Waals surface area contributed by atoms with Crippen LogP contribution in [0.1, 0.15) is 53.7 Å². The Labute approximate surface area is 149 Å². The highest BCUT2D eigenvalue weighted by Gasteiger charge is 2.37. The molecule has 0 fully saturated rings. The van der Waals surface area contributed by atoms with Crippen LogP contribution >= 0.6 is 22.9 Å². The first kappa shape index (κ1) is 18.7. The molecule has 2 rings (SSSR count). The summed E-state index contributed by atoms with van der Waals surface area (Å²) in [6.07, 6.45) is 0.169. The number of hydrogen-bond acceptors (Lipinski definition) is 5. The zero-order chi connectivity index (χ0) is 18.1. The van der Waals surface area contributed by atoms with E-state index in [-0.39, 0.29) is 18.7 Å². The molecular formula is C16H21ClN2O4S. The molecule has 8 heteroatoms. The van der Waals surface area contributed by atoms with Crippen LogP contribution in [0.4, 0.5) is 0 Å². The number of hydrogen-bond donors (Lipinski definition) is 1. The third-order valence-corrected chi connectivity index (χ3v) is 5.15. The van der Waals surface area contributed by atoms with Crippen molar-refractivity contribution in [3.63, 3.8) is 0 Å². The van der Waals surface area contributed by atoms with Gasteiger partial charge in [0, 0.05) is 17.8 Å². The van der Waals surface area contributed by atoms with Crippen LogP contribution < -0.4 is 5.73 Å². The lowest BCUT2D eigenvalue weighted by Crippen LogP contribution is -2.45. The number of rotatable bonds is 6. The third kappa shape index (κ3) is 4.27. The molecule has 2 N–H and O–H groups in total. The zero-order valence-electron chi connectivity index (χ0n) is 13.9. The smallest absolute Gasteiger partial charge is 0.306 e. The molecule has 0 spiro atoms. The van der Waals surface area contributed by atoms with Gasteiger partial charge < -0.3 is 15.4 Å². The van der Waals surface area contributed by atoms with Crippen molar-refractivity contribution in [2.45, 2.75) is 57.7 Å². The second kappa shape index (κ2) is 7.11. The number of halogens is 1. The second-order valence-electron chi connectivity index (χ2n) is 6.68. The summed E-state index contributed by atoms with van der Waals surface area (Å²) in [5, 5.41) is 0. The van der Waals surface area contributed by atoms with Crippen molar-refractivity contribution in [2.75, 3.05) is 0 Å². The number of carbonyl (C=O) groups excluding carboxylic acids is 3. The number of nitrogens with zero attached hydrogens (tertiary/aromatic N) is 1. The summed E-state index contributed by atoms with van der Waals surface area (Å²) in [4.78, 5) is 39.1. The number of fused-ring (bicyclic) bond motifs is 1. The number of carbonyl (C=O) groups is 3. The highest BCUT2D eigenvalue weighted by molar-refractivity contribution is 7.14. The van der Waals surface area contributed by atoms with Gasteiger partial charge in [-0.25, -0.2) is 0 Å². The van der Waals surface area contributed by atoms with Crippen molar-refractivity contribution in [1.82, 2.24) is 4.90 Å². The van der Waals surface area contributed by atoms with Gasteiger partial charge in [-0.15, -0.1) is 22.9 Å². The summed E-state index contributed by atoms with van der Waals surface area (Å²) in [6, 6.07) is 1.04. The standard InChI is InChI=1S/C16H21ClN2O4S/c1-16(2,3)23-12(20)5-4-11(14(18)21)19-8-9-6-10(7-17)24-13(9)15(19)22/h6,11H,4-5,7-8H2,1-3H3,(H2,18,21)/t11-/m0/s1. The summed E-state index contributed by atoms with van der Waals surface area (Å²) < 4.78 is 5.23. The van der Waals surface area contributed by atoms with Crippen LogP contribution in [0.15, 0.2) is 6.07 Å². The van der Waals surface area contributed by atoms with Gasteiger partial charge in [-0.3, -0.25) is 14.4 Å². The molecule has 132 valence electrons. The number of primary amides is 1. The maximum absolute atomic E-state index is 12.5. The first-order valence-electron chi connectivity index (χ1n) is 7.62. The van der Waals surface area contributed by atoms with Crippen molar-refractivity contribution < 1.29 is 19.1 Å². The minimum atomic E-state index is -0.830. The van der Waals surface area contributed by atoms with E-state index in [1.807, 2.05) is 6.07 Å². The minimum absolute atomic E-state index is 0.0231. The summed E-state index contributed by atoms with van der Waals surface area (Å²) in [5.41, 5.74) is 5.71. The molecule has 1 aliphatic rings. The van der Waals surface area contributed by atoms with Gasteiger partial charge in [-0.05, 0) is 38.8 Å². The lowest BCUT2D eigenvalue weighted by molar-refractivity contribution is -0.155. The Kier molecular flexibility index (Phi) is 5.55. The van der Waals surface area contributed by atoms with E-state index in [1.165, 1.54) is 16.2 Å². The highest BCUT2D eigenvalue weighted by atomic mass is 35.5. The van der Waals surface area contributed by atoms with Crippen LogP contribution in [-0.4, -0.2) is 34.3 Å². The van der Waals surface area contributed by atoms with Crippen LogP contribution in [0.25, 0.3) is 0 Å². The molecule has 1 aliphatic heterocycles. The van der Waals surface area contributed by atoms with E-state index in [9.17, 15) is 14.4 Å². The second-order valence-corrected chi connectivity index (χ2v) is 8.08. The Morgan fingerprint density at radius 2 is 2.12 bits per heavy atom. The van der Waals surface area contributed by atoms with E-state index in [0.717, 1.165) is 10.4 Å². The molecule has 0 aromatic carbocycles. The molecule has 0 aliphatic carbocycles. The van der Waals surface area contributed by atoms with Crippen molar-refractivity contribution >= 4 is 40.7 Å². The third-order valence-electron chi connectivity index (χ3n) is 3.53. The van der Waals surface area contributed by atoms with Crippen molar-refractivity contribution in [2.24, 2.45) is 5.73 Å². The molecule has 1 aromatic heterocycles. The molecule has 0 unspecified atom stereocenters. The SMILES string of the molecule is CC(C)(C)OC(=O)CC[C@@H](C(N)=O)N1Cc2cc(CCl)sc2C1=O. The van der Waals surface area contributed by atoms with Gasteiger partial charge >= 0.3 is 5.97 Å².